The first-order valence-electron chi connectivity index (χ1n) is 11.8. The number of fused-ring (bicyclic) bond motifs is 1. The molecular formula is C28H26N2O6. The van der Waals surface area contributed by atoms with E-state index in [4.69, 9.17) is 15.2 Å². The number of ketones is 1. The molecule has 0 aliphatic carbocycles. The number of para-hydroxylation sites is 1. The number of hydrogen-bond acceptors (Lipinski definition) is 6. The van der Waals surface area contributed by atoms with Gasteiger partial charge in [0.25, 0.3) is 0 Å². The molecular weight excluding hydrogens is 460 g/mol. The second-order valence-corrected chi connectivity index (χ2v) is 9.04. The Labute approximate surface area is 208 Å². The first-order valence-corrected chi connectivity index (χ1v) is 11.8. The second kappa shape index (κ2) is 9.83. The normalized spacial score (nSPS) is 19.7. The molecule has 3 aromatic rings. The molecule has 0 aromatic heterocycles. The Morgan fingerprint density at radius 1 is 1.06 bits per heavy atom. The first kappa shape index (κ1) is 23.6. The van der Waals surface area contributed by atoms with Gasteiger partial charge in [0.2, 0.25) is 11.8 Å². The van der Waals surface area contributed by atoms with Crippen molar-refractivity contribution in [3.05, 3.63) is 89.5 Å². The molecule has 0 bridgehead atoms. The fourth-order valence-electron chi connectivity index (χ4n) is 5.03. The summed E-state index contributed by atoms with van der Waals surface area (Å²) >= 11 is 0. The van der Waals surface area contributed by atoms with Gasteiger partial charge >= 0.3 is 0 Å². The molecule has 0 saturated carbocycles. The van der Waals surface area contributed by atoms with Crippen LogP contribution < -0.4 is 10.5 Å². The quantitative estimate of drug-likeness (QED) is 0.530. The van der Waals surface area contributed by atoms with Crippen LogP contribution in [-0.2, 0) is 20.7 Å². The summed E-state index contributed by atoms with van der Waals surface area (Å²) in [6, 6.07) is 20.0. The molecule has 3 unspecified atom stereocenters. The molecule has 3 aromatic carbocycles. The predicted octanol–water partition coefficient (Wildman–Crippen LogP) is 3.18. The molecule has 8 heteroatoms. The van der Waals surface area contributed by atoms with Gasteiger partial charge in [-0.05, 0) is 66.4 Å². The Kier molecular flexibility index (Phi) is 6.43. The molecule has 0 radical (unpaired) electrons. The molecule has 5 rings (SSSR count). The first-order chi connectivity index (χ1) is 17.4. The molecule has 2 aliphatic rings. The zero-order chi connectivity index (χ0) is 25.2. The third-order valence-corrected chi connectivity index (χ3v) is 6.69. The summed E-state index contributed by atoms with van der Waals surface area (Å²) in [5.41, 5.74) is 7.01. The van der Waals surface area contributed by atoms with Crippen LogP contribution in [0, 0.1) is 0 Å². The third kappa shape index (κ3) is 4.67. The van der Waals surface area contributed by atoms with Gasteiger partial charge < -0.3 is 25.2 Å². The number of carbonyl (C=O) groups is 3. The van der Waals surface area contributed by atoms with Gasteiger partial charge in [-0.25, -0.2) is 0 Å². The fraction of sp³-hybridized carbons (Fsp3) is 0.250. The molecule has 36 heavy (non-hydrogen) atoms. The van der Waals surface area contributed by atoms with Gasteiger partial charge in [0.1, 0.15) is 29.9 Å². The minimum absolute atomic E-state index is 0.0106. The van der Waals surface area contributed by atoms with Crippen LogP contribution in [0.1, 0.15) is 33.8 Å². The standard InChI is InChI=1S/C28H26N2O6/c29-27(33)21-10-9-20(36-19-7-2-1-3-8-19)15-22(21)23(14-17-5-4-6-18(31)13-17)28(34)30-12-11-25-26(30)24(32)16-35-25/h1-10,13,15,23,25-26,31H,11-12,14,16H2,(H2,29,33). The van der Waals surface area contributed by atoms with Crippen LogP contribution in [0.15, 0.2) is 72.8 Å². The number of carbonyl (C=O) groups excluding carboxylic acids is 3. The minimum atomic E-state index is -0.847. The summed E-state index contributed by atoms with van der Waals surface area (Å²) in [6.45, 7) is 0.367. The molecule has 3 atom stereocenters. The molecule has 0 spiro atoms. The van der Waals surface area contributed by atoms with Gasteiger partial charge in [0.05, 0.1) is 12.0 Å². The van der Waals surface area contributed by atoms with E-state index in [0.29, 0.717) is 35.6 Å². The van der Waals surface area contributed by atoms with Crippen molar-refractivity contribution < 1.29 is 29.0 Å². The molecule has 2 heterocycles. The summed E-state index contributed by atoms with van der Waals surface area (Å²) in [5, 5.41) is 10.0. The summed E-state index contributed by atoms with van der Waals surface area (Å²) in [5.74, 6) is -0.847. The van der Waals surface area contributed by atoms with E-state index in [9.17, 15) is 19.5 Å². The Morgan fingerprint density at radius 2 is 1.86 bits per heavy atom. The van der Waals surface area contributed by atoms with Crippen molar-refractivity contribution in [2.75, 3.05) is 13.2 Å². The van der Waals surface area contributed by atoms with Crippen molar-refractivity contribution >= 4 is 17.6 Å². The van der Waals surface area contributed by atoms with Crippen LogP contribution in [0.25, 0.3) is 0 Å². The second-order valence-electron chi connectivity index (χ2n) is 9.04. The maximum Gasteiger partial charge on any atom is 0.249 e. The number of amides is 2. The van der Waals surface area contributed by atoms with Gasteiger partial charge in [-0.15, -0.1) is 0 Å². The Balaban J connectivity index is 1.57. The number of nitrogens with two attached hydrogens (primary N) is 1. The maximum absolute atomic E-state index is 14.0. The highest BCUT2D eigenvalue weighted by molar-refractivity contribution is 5.99. The Hall–Kier alpha value is -4.17. The zero-order valence-corrected chi connectivity index (χ0v) is 19.5. The van der Waals surface area contributed by atoms with E-state index in [0.717, 1.165) is 0 Å². The predicted molar refractivity (Wildman–Crippen MR) is 131 cm³/mol. The van der Waals surface area contributed by atoms with Crippen molar-refractivity contribution in [2.24, 2.45) is 5.73 Å². The SMILES string of the molecule is NC(=O)c1ccc(Oc2ccccc2)cc1C(Cc1cccc(O)c1)C(=O)N1CCC2OCC(=O)C21. The number of phenolic OH excluding ortho intramolecular Hbond substituents is 1. The van der Waals surface area contributed by atoms with Crippen LogP contribution in [0.4, 0.5) is 0 Å². The lowest BCUT2D eigenvalue weighted by Gasteiger charge is -2.28. The van der Waals surface area contributed by atoms with Crippen molar-refractivity contribution in [1.82, 2.24) is 4.90 Å². The van der Waals surface area contributed by atoms with Gasteiger partial charge in [0, 0.05) is 12.1 Å². The smallest absolute Gasteiger partial charge is 0.249 e. The molecule has 184 valence electrons. The average molecular weight is 487 g/mol. The average Bonchev–Trinajstić information content (AvgIpc) is 3.45. The third-order valence-electron chi connectivity index (χ3n) is 6.69. The van der Waals surface area contributed by atoms with E-state index in [-0.39, 0.29) is 42.1 Å². The molecule has 2 amide bonds. The lowest BCUT2D eigenvalue weighted by molar-refractivity contribution is -0.137. The zero-order valence-electron chi connectivity index (χ0n) is 19.5. The fourth-order valence-corrected chi connectivity index (χ4v) is 5.03. The van der Waals surface area contributed by atoms with E-state index in [1.165, 1.54) is 0 Å². The summed E-state index contributed by atoms with van der Waals surface area (Å²) < 4.78 is 11.5. The Bertz CT molecular complexity index is 1310. The number of benzene rings is 3. The molecule has 2 fully saturated rings. The van der Waals surface area contributed by atoms with Crippen LogP contribution in [0.2, 0.25) is 0 Å². The van der Waals surface area contributed by atoms with Gasteiger partial charge in [-0.1, -0.05) is 30.3 Å². The summed E-state index contributed by atoms with van der Waals surface area (Å²) in [6.07, 6.45) is 0.442. The lowest BCUT2D eigenvalue weighted by Crippen LogP contribution is -2.44. The van der Waals surface area contributed by atoms with Crippen LogP contribution in [0.5, 0.6) is 17.2 Å². The molecule has 2 aliphatic heterocycles. The van der Waals surface area contributed by atoms with Crippen molar-refractivity contribution in [2.45, 2.75) is 30.9 Å². The summed E-state index contributed by atoms with van der Waals surface area (Å²) in [4.78, 5) is 40.5. The number of hydrogen-bond donors (Lipinski definition) is 2. The number of rotatable bonds is 7. The van der Waals surface area contributed by atoms with Crippen molar-refractivity contribution in [3.8, 4) is 17.2 Å². The number of likely N-dealkylation sites (tertiary alicyclic amines) is 1. The van der Waals surface area contributed by atoms with E-state index in [2.05, 4.69) is 0 Å². The van der Waals surface area contributed by atoms with Crippen molar-refractivity contribution in [3.63, 3.8) is 0 Å². The largest absolute Gasteiger partial charge is 0.508 e. The number of primary amides is 1. The highest BCUT2D eigenvalue weighted by Gasteiger charge is 2.48. The highest BCUT2D eigenvalue weighted by Crippen LogP contribution is 2.35. The molecule has 8 nitrogen and oxygen atoms in total. The number of ether oxygens (including phenoxy) is 2. The van der Waals surface area contributed by atoms with Crippen molar-refractivity contribution in [1.29, 1.82) is 0 Å². The lowest BCUT2D eigenvalue weighted by atomic mass is 9.86. The molecule has 3 N–H and O–H groups in total. The topological polar surface area (TPSA) is 119 Å². The number of nitrogens with zero attached hydrogens (tertiary/aromatic N) is 1. The highest BCUT2D eigenvalue weighted by atomic mass is 16.5. The van der Waals surface area contributed by atoms with E-state index >= 15 is 0 Å². The maximum atomic E-state index is 14.0. The van der Waals surface area contributed by atoms with Crippen LogP contribution in [-0.4, -0.2) is 52.9 Å². The monoisotopic (exact) mass is 486 g/mol. The molecule has 2 saturated heterocycles. The number of Topliss-reactive ketones (excluding diaryl/α,β-unsaturated/α-hetero) is 1. The van der Waals surface area contributed by atoms with E-state index < -0.39 is 17.9 Å². The van der Waals surface area contributed by atoms with Gasteiger partial charge in [0.15, 0.2) is 5.78 Å². The van der Waals surface area contributed by atoms with Gasteiger partial charge in [-0.2, -0.15) is 0 Å². The summed E-state index contributed by atoms with van der Waals surface area (Å²) in [7, 11) is 0. The number of phenols is 1. The van der Waals surface area contributed by atoms with E-state index in [1.807, 2.05) is 18.2 Å². The van der Waals surface area contributed by atoms with Crippen LogP contribution in [0.3, 0.4) is 0 Å². The van der Waals surface area contributed by atoms with Crippen LogP contribution >= 0.6 is 0 Å². The van der Waals surface area contributed by atoms with Gasteiger partial charge in [-0.3, -0.25) is 14.4 Å². The Morgan fingerprint density at radius 3 is 2.61 bits per heavy atom. The van der Waals surface area contributed by atoms with E-state index in [1.54, 1.807) is 59.5 Å². The minimum Gasteiger partial charge on any atom is -0.508 e. The number of aromatic hydroxyl groups is 1.